The molecule has 0 aromatic carbocycles. The molecule has 3 nitrogen and oxygen atoms in total. The van der Waals surface area contributed by atoms with E-state index in [1.54, 1.807) is 11.3 Å². The van der Waals surface area contributed by atoms with E-state index >= 15 is 0 Å². The maximum atomic E-state index is 8.69. The molecule has 0 radical (unpaired) electrons. The Morgan fingerprint density at radius 2 is 2.19 bits per heavy atom. The average Bonchev–Trinajstić information content (AvgIpc) is 2.81. The number of hydrogen-bond acceptors (Lipinski definition) is 4. The minimum atomic E-state index is 0.138. The Hall–Kier alpha value is -0.450. The molecule has 1 N–H and O–H groups in total. The zero-order valence-electron chi connectivity index (χ0n) is 9.47. The molecule has 4 heteroatoms. The minimum absolute atomic E-state index is 0.138. The molecule has 0 atom stereocenters. The summed E-state index contributed by atoms with van der Waals surface area (Å²) >= 11 is 1.76. The van der Waals surface area contributed by atoms with Crippen LogP contribution >= 0.6 is 11.3 Å². The van der Waals surface area contributed by atoms with Gasteiger partial charge in [-0.25, -0.2) is 4.98 Å². The normalized spacial score (nSPS) is 25.8. The van der Waals surface area contributed by atoms with Crippen LogP contribution in [-0.2, 0) is 11.2 Å². The summed E-state index contributed by atoms with van der Waals surface area (Å²) in [5.74, 6) is 0.778. The second kappa shape index (κ2) is 6.33. The largest absolute Gasteiger partial charge is 0.394 e. The lowest BCUT2D eigenvalue weighted by Crippen LogP contribution is -2.23. The van der Waals surface area contributed by atoms with Crippen LogP contribution in [0.2, 0.25) is 0 Å². The molecule has 90 valence electrons. The van der Waals surface area contributed by atoms with Crippen molar-refractivity contribution in [3.05, 3.63) is 16.6 Å². The third-order valence-corrected chi connectivity index (χ3v) is 3.99. The van der Waals surface area contributed by atoms with Crippen molar-refractivity contribution in [2.24, 2.45) is 5.92 Å². The number of aliphatic hydroxyl groups excluding tert-OH is 1. The van der Waals surface area contributed by atoms with Gasteiger partial charge < -0.3 is 9.84 Å². The third-order valence-electron chi connectivity index (χ3n) is 3.19. The lowest BCUT2D eigenvalue weighted by atomic mass is 9.85. The van der Waals surface area contributed by atoms with Crippen LogP contribution in [0.25, 0.3) is 0 Å². The number of ether oxygens (including phenoxy) is 1. The van der Waals surface area contributed by atoms with Crippen molar-refractivity contribution in [1.29, 1.82) is 0 Å². The molecule has 1 saturated carbocycles. The maximum absolute atomic E-state index is 8.69. The van der Waals surface area contributed by atoms with Crippen molar-refractivity contribution < 1.29 is 9.84 Å². The van der Waals surface area contributed by atoms with Gasteiger partial charge in [0, 0.05) is 18.0 Å². The molecule has 16 heavy (non-hydrogen) atoms. The SMILES string of the molecule is OCCOC1CCC(Cc2nccs2)CC1. The maximum Gasteiger partial charge on any atom is 0.0927 e. The number of nitrogens with zero attached hydrogens (tertiary/aromatic N) is 1. The van der Waals surface area contributed by atoms with Crippen molar-refractivity contribution in [2.45, 2.75) is 38.2 Å². The van der Waals surface area contributed by atoms with Gasteiger partial charge in [-0.15, -0.1) is 11.3 Å². The highest BCUT2D eigenvalue weighted by atomic mass is 32.1. The first kappa shape index (κ1) is 12.0. The van der Waals surface area contributed by atoms with E-state index in [-0.39, 0.29) is 6.61 Å². The Morgan fingerprint density at radius 3 is 2.81 bits per heavy atom. The van der Waals surface area contributed by atoms with Crippen LogP contribution in [0.5, 0.6) is 0 Å². The highest BCUT2D eigenvalue weighted by Gasteiger charge is 2.22. The van der Waals surface area contributed by atoms with E-state index in [4.69, 9.17) is 9.84 Å². The third kappa shape index (κ3) is 3.54. The molecule has 1 heterocycles. The monoisotopic (exact) mass is 241 g/mol. The smallest absolute Gasteiger partial charge is 0.0927 e. The topological polar surface area (TPSA) is 42.4 Å². The van der Waals surface area contributed by atoms with Gasteiger partial charge in [0.25, 0.3) is 0 Å². The van der Waals surface area contributed by atoms with Gasteiger partial charge in [0.1, 0.15) is 0 Å². The fourth-order valence-electron chi connectivity index (χ4n) is 2.32. The van der Waals surface area contributed by atoms with E-state index in [0.29, 0.717) is 12.7 Å². The molecule has 0 saturated heterocycles. The van der Waals surface area contributed by atoms with Crippen molar-refractivity contribution >= 4 is 11.3 Å². The Morgan fingerprint density at radius 1 is 1.38 bits per heavy atom. The predicted octanol–water partition coefficient (Wildman–Crippen LogP) is 2.25. The van der Waals surface area contributed by atoms with Crippen molar-refractivity contribution in [3.63, 3.8) is 0 Å². The first-order chi connectivity index (χ1) is 7.88. The lowest BCUT2D eigenvalue weighted by Gasteiger charge is -2.27. The summed E-state index contributed by atoms with van der Waals surface area (Å²) in [6, 6.07) is 0. The molecule has 1 fully saturated rings. The molecule has 1 aromatic rings. The van der Waals surface area contributed by atoms with Gasteiger partial charge in [0.05, 0.1) is 24.3 Å². The van der Waals surface area contributed by atoms with Crippen molar-refractivity contribution in [3.8, 4) is 0 Å². The fourth-order valence-corrected chi connectivity index (χ4v) is 3.06. The second-order valence-corrected chi connectivity index (χ2v) is 5.35. The molecule has 0 unspecified atom stereocenters. The number of rotatable bonds is 5. The van der Waals surface area contributed by atoms with E-state index in [1.807, 2.05) is 11.6 Å². The summed E-state index contributed by atoms with van der Waals surface area (Å²) in [4.78, 5) is 4.33. The number of aliphatic hydroxyl groups is 1. The molecule has 0 bridgehead atoms. The number of aromatic nitrogens is 1. The van der Waals surface area contributed by atoms with Crippen LogP contribution in [0, 0.1) is 5.92 Å². The van der Waals surface area contributed by atoms with Crippen LogP contribution in [-0.4, -0.2) is 29.4 Å². The number of hydrogen-bond donors (Lipinski definition) is 1. The molecule has 2 rings (SSSR count). The first-order valence-electron chi connectivity index (χ1n) is 5.99. The number of thiazole rings is 1. The van der Waals surface area contributed by atoms with Crippen LogP contribution < -0.4 is 0 Å². The van der Waals surface area contributed by atoms with E-state index < -0.39 is 0 Å². The van der Waals surface area contributed by atoms with Gasteiger partial charge in [0.2, 0.25) is 0 Å². The highest BCUT2D eigenvalue weighted by Crippen LogP contribution is 2.29. The Kier molecular flexibility index (Phi) is 4.75. The molecule has 1 aliphatic rings. The molecule has 0 aliphatic heterocycles. The lowest BCUT2D eigenvalue weighted by molar-refractivity contribution is 0.000542. The molecule has 0 amide bonds. The Labute approximate surface area is 100 Å². The Balaban J connectivity index is 1.69. The predicted molar refractivity (Wildman–Crippen MR) is 64.6 cm³/mol. The van der Waals surface area contributed by atoms with Crippen LogP contribution in [0.3, 0.4) is 0 Å². The van der Waals surface area contributed by atoms with Gasteiger partial charge in [-0.1, -0.05) is 0 Å². The Bertz CT molecular complexity index is 281. The van der Waals surface area contributed by atoms with Crippen molar-refractivity contribution in [1.82, 2.24) is 4.98 Å². The van der Waals surface area contributed by atoms with E-state index in [9.17, 15) is 0 Å². The van der Waals surface area contributed by atoms with Crippen LogP contribution in [0.1, 0.15) is 30.7 Å². The molecule has 1 aliphatic carbocycles. The summed E-state index contributed by atoms with van der Waals surface area (Å²) in [6.45, 7) is 0.626. The molecular weight excluding hydrogens is 222 g/mol. The van der Waals surface area contributed by atoms with Crippen molar-refractivity contribution in [2.75, 3.05) is 13.2 Å². The zero-order chi connectivity index (χ0) is 11.2. The molecular formula is C12H19NO2S. The summed E-state index contributed by atoms with van der Waals surface area (Å²) in [7, 11) is 0. The standard InChI is InChI=1S/C12H19NO2S/c14-6-7-15-11-3-1-10(2-4-11)9-12-13-5-8-16-12/h5,8,10-11,14H,1-4,6-7,9H2. The van der Waals surface area contributed by atoms with E-state index in [1.165, 1.54) is 17.8 Å². The summed E-state index contributed by atoms with van der Waals surface area (Å²) in [5.41, 5.74) is 0. The summed E-state index contributed by atoms with van der Waals surface area (Å²) < 4.78 is 5.55. The second-order valence-electron chi connectivity index (χ2n) is 4.37. The summed E-state index contributed by atoms with van der Waals surface area (Å²) in [5, 5.41) is 12.0. The fraction of sp³-hybridized carbons (Fsp3) is 0.750. The van der Waals surface area contributed by atoms with Gasteiger partial charge in [-0.3, -0.25) is 0 Å². The van der Waals surface area contributed by atoms with Gasteiger partial charge >= 0.3 is 0 Å². The van der Waals surface area contributed by atoms with Gasteiger partial charge in [-0.2, -0.15) is 0 Å². The van der Waals surface area contributed by atoms with Gasteiger partial charge in [0.15, 0.2) is 0 Å². The quantitative estimate of drug-likeness (QED) is 0.859. The van der Waals surface area contributed by atoms with E-state index in [2.05, 4.69) is 4.98 Å². The first-order valence-corrected chi connectivity index (χ1v) is 6.87. The van der Waals surface area contributed by atoms with E-state index in [0.717, 1.165) is 25.2 Å². The van der Waals surface area contributed by atoms with Crippen LogP contribution in [0.4, 0.5) is 0 Å². The molecule has 1 aromatic heterocycles. The highest BCUT2D eigenvalue weighted by molar-refractivity contribution is 7.09. The van der Waals surface area contributed by atoms with Gasteiger partial charge in [-0.05, 0) is 31.6 Å². The zero-order valence-corrected chi connectivity index (χ0v) is 10.3. The molecule has 0 spiro atoms. The summed E-state index contributed by atoms with van der Waals surface area (Å²) in [6.07, 6.45) is 8.12. The average molecular weight is 241 g/mol. The van der Waals surface area contributed by atoms with Crippen LogP contribution in [0.15, 0.2) is 11.6 Å². The minimum Gasteiger partial charge on any atom is -0.394 e.